The minimum absolute atomic E-state index is 0. The third-order valence-electron chi connectivity index (χ3n) is 3.93. The number of benzene rings is 1. The molecule has 1 atom stereocenters. The number of rotatable bonds is 14. The van der Waals surface area contributed by atoms with Gasteiger partial charge in [0.2, 0.25) is 5.91 Å². The molecule has 0 aromatic heterocycles. The molecular weight excluding hydrogens is 388 g/mol. The van der Waals surface area contributed by atoms with Crippen LogP contribution in [0, 0.1) is 0 Å². The molecule has 0 saturated heterocycles. The van der Waals surface area contributed by atoms with Crippen molar-refractivity contribution < 1.29 is 29.3 Å². The Balaban J connectivity index is 0.00000729. The van der Waals surface area contributed by atoms with E-state index in [4.69, 9.17) is 15.6 Å². The van der Waals surface area contributed by atoms with Gasteiger partial charge in [-0.25, -0.2) is 4.79 Å². The molecule has 1 rings (SSSR count). The zero-order valence-electron chi connectivity index (χ0n) is 15.8. The van der Waals surface area contributed by atoms with E-state index in [1.807, 2.05) is 0 Å². The number of amides is 1. The third-order valence-corrected chi connectivity index (χ3v) is 3.93. The lowest BCUT2D eigenvalue weighted by molar-refractivity contribution is -0.142. The Labute approximate surface area is 170 Å². The summed E-state index contributed by atoms with van der Waals surface area (Å²) in [5.41, 5.74) is 6.17. The summed E-state index contributed by atoms with van der Waals surface area (Å²) in [4.78, 5) is 33.5. The Morgan fingerprint density at radius 1 is 1.00 bits per heavy atom. The second kappa shape index (κ2) is 14.7. The van der Waals surface area contributed by atoms with E-state index in [9.17, 15) is 19.5 Å². The van der Waals surface area contributed by atoms with E-state index in [-0.39, 0.29) is 31.7 Å². The van der Waals surface area contributed by atoms with Crippen molar-refractivity contribution in [2.24, 2.45) is 5.73 Å². The smallest absolute Gasteiger partial charge is 0.326 e. The fourth-order valence-corrected chi connectivity index (χ4v) is 2.43. The van der Waals surface area contributed by atoms with Crippen molar-refractivity contribution in [3.8, 4) is 5.75 Å². The number of hydrogen-bond acceptors (Lipinski definition) is 5. The first-order chi connectivity index (χ1) is 12.9. The summed E-state index contributed by atoms with van der Waals surface area (Å²) in [6, 6.07) is 5.92. The van der Waals surface area contributed by atoms with Gasteiger partial charge in [0.1, 0.15) is 11.8 Å². The van der Waals surface area contributed by atoms with Gasteiger partial charge in [0.05, 0.1) is 13.0 Å². The van der Waals surface area contributed by atoms with Gasteiger partial charge in [-0.3, -0.25) is 9.59 Å². The zero-order valence-corrected chi connectivity index (χ0v) is 16.6. The average Bonchev–Trinajstić information content (AvgIpc) is 2.63. The molecule has 0 radical (unpaired) electrons. The van der Waals surface area contributed by atoms with Crippen LogP contribution in [0.3, 0.4) is 0 Å². The lowest BCUT2D eigenvalue weighted by atomic mass is 10.1. The maximum atomic E-state index is 11.7. The Bertz CT molecular complexity index is 609. The molecule has 8 nitrogen and oxygen atoms in total. The molecule has 1 unspecified atom stereocenters. The molecule has 0 aliphatic heterocycles. The highest BCUT2D eigenvalue weighted by molar-refractivity contribution is 5.86. The molecule has 0 saturated carbocycles. The van der Waals surface area contributed by atoms with Crippen molar-refractivity contribution in [1.29, 1.82) is 0 Å². The number of unbranched alkanes of at least 4 members (excludes halogenated alkanes) is 3. The van der Waals surface area contributed by atoms with Crippen LogP contribution in [0.4, 0.5) is 0 Å². The molecule has 0 aliphatic rings. The minimum Gasteiger partial charge on any atom is -0.494 e. The zero-order chi connectivity index (χ0) is 20.1. The Hall–Kier alpha value is -2.32. The van der Waals surface area contributed by atoms with E-state index in [1.54, 1.807) is 24.3 Å². The van der Waals surface area contributed by atoms with Gasteiger partial charge >= 0.3 is 11.9 Å². The Morgan fingerprint density at radius 3 is 2.21 bits per heavy atom. The molecule has 0 fully saturated rings. The maximum absolute atomic E-state index is 11.7. The van der Waals surface area contributed by atoms with E-state index >= 15 is 0 Å². The molecule has 9 heteroatoms. The van der Waals surface area contributed by atoms with Crippen molar-refractivity contribution >= 4 is 30.3 Å². The molecule has 1 amide bonds. The quantitative estimate of drug-likeness (QED) is 0.340. The first kappa shape index (κ1) is 25.7. The fraction of sp³-hybridized carbons (Fsp3) is 0.526. The molecule has 0 bridgehead atoms. The second-order valence-electron chi connectivity index (χ2n) is 6.25. The SMILES string of the molecule is Cl.NCCCCCCOc1ccc(CC(NC(=O)CCC(=O)O)C(=O)O)cc1. The van der Waals surface area contributed by atoms with Gasteiger partial charge in [0, 0.05) is 12.8 Å². The number of nitrogens with one attached hydrogen (secondary N) is 1. The van der Waals surface area contributed by atoms with Crippen molar-refractivity contribution in [1.82, 2.24) is 5.32 Å². The molecular formula is C19H29ClN2O6. The summed E-state index contributed by atoms with van der Waals surface area (Å²) in [6.45, 7) is 1.32. The second-order valence-corrected chi connectivity index (χ2v) is 6.25. The summed E-state index contributed by atoms with van der Waals surface area (Å²) in [5, 5.41) is 20.2. The fourth-order valence-electron chi connectivity index (χ4n) is 2.43. The van der Waals surface area contributed by atoms with E-state index in [0.717, 1.165) is 31.2 Å². The van der Waals surface area contributed by atoms with E-state index in [0.29, 0.717) is 18.9 Å². The molecule has 0 spiro atoms. The van der Waals surface area contributed by atoms with E-state index in [1.165, 1.54) is 0 Å². The van der Waals surface area contributed by atoms with Gasteiger partial charge in [-0.1, -0.05) is 25.0 Å². The molecule has 0 aliphatic carbocycles. The van der Waals surface area contributed by atoms with E-state index in [2.05, 4.69) is 5.32 Å². The number of nitrogens with two attached hydrogens (primary N) is 1. The van der Waals surface area contributed by atoms with Gasteiger partial charge in [0.15, 0.2) is 0 Å². The molecule has 0 heterocycles. The van der Waals surface area contributed by atoms with Gasteiger partial charge < -0.3 is 26.0 Å². The predicted molar refractivity (Wildman–Crippen MR) is 107 cm³/mol. The lowest BCUT2D eigenvalue weighted by Gasteiger charge is -2.15. The lowest BCUT2D eigenvalue weighted by Crippen LogP contribution is -2.42. The first-order valence-electron chi connectivity index (χ1n) is 9.08. The van der Waals surface area contributed by atoms with Crippen molar-refractivity contribution in [2.45, 2.75) is 51.0 Å². The largest absolute Gasteiger partial charge is 0.494 e. The number of aliphatic carboxylic acids is 2. The van der Waals surface area contributed by atoms with Crippen molar-refractivity contribution in [3.63, 3.8) is 0 Å². The van der Waals surface area contributed by atoms with Crippen molar-refractivity contribution in [2.75, 3.05) is 13.2 Å². The standard InChI is InChI=1S/C19H28N2O6.ClH/c20-11-3-1-2-4-12-27-15-7-5-14(6-8-15)13-16(19(25)26)21-17(22)9-10-18(23)24;/h5-8,16H,1-4,9-13,20H2,(H,21,22)(H,23,24)(H,25,26);1H. The highest BCUT2D eigenvalue weighted by atomic mass is 35.5. The number of hydrogen-bond donors (Lipinski definition) is 4. The van der Waals surface area contributed by atoms with Crippen LogP contribution in [-0.4, -0.2) is 47.3 Å². The Kier molecular flexibility index (Phi) is 13.5. The number of carboxylic acids is 2. The number of carbonyl (C=O) groups excluding carboxylic acids is 1. The summed E-state index contributed by atoms with van der Waals surface area (Å²) < 4.78 is 5.64. The first-order valence-corrected chi connectivity index (χ1v) is 9.08. The van der Waals surface area contributed by atoms with Gasteiger partial charge in [-0.2, -0.15) is 0 Å². The number of halogens is 1. The van der Waals surface area contributed by atoms with Gasteiger partial charge in [0.25, 0.3) is 0 Å². The number of carbonyl (C=O) groups is 3. The molecule has 28 heavy (non-hydrogen) atoms. The van der Waals surface area contributed by atoms with E-state index < -0.39 is 23.9 Å². The summed E-state index contributed by atoms with van der Waals surface area (Å²) in [6.07, 6.45) is 3.64. The molecule has 158 valence electrons. The van der Waals surface area contributed by atoms with Crippen LogP contribution >= 0.6 is 12.4 Å². The molecule has 1 aromatic carbocycles. The third kappa shape index (κ3) is 11.4. The summed E-state index contributed by atoms with van der Waals surface area (Å²) in [7, 11) is 0. The average molecular weight is 417 g/mol. The van der Waals surface area contributed by atoms with Crippen LogP contribution < -0.4 is 15.8 Å². The monoisotopic (exact) mass is 416 g/mol. The minimum atomic E-state index is -1.17. The van der Waals surface area contributed by atoms with Crippen LogP contribution in [-0.2, 0) is 20.8 Å². The van der Waals surface area contributed by atoms with Crippen LogP contribution in [0.1, 0.15) is 44.1 Å². The van der Waals surface area contributed by atoms with Crippen LogP contribution in [0.5, 0.6) is 5.75 Å². The topological polar surface area (TPSA) is 139 Å². The molecule has 5 N–H and O–H groups in total. The highest BCUT2D eigenvalue weighted by Gasteiger charge is 2.20. The number of ether oxygens (including phenoxy) is 1. The Morgan fingerprint density at radius 2 is 1.64 bits per heavy atom. The van der Waals surface area contributed by atoms with Crippen molar-refractivity contribution in [3.05, 3.63) is 29.8 Å². The van der Waals surface area contributed by atoms with Crippen LogP contribution in [0.15, 0.2) is 24.3 Å². The molecule has 1 aromatic rings. The number of carboxylic acid groups (broad SMARTS) is 2. The predicted octanol–water partition coefficient (Wildman–Crippen LogP) is 1.98. The van der Waals surface area contributed by atoms with Crippen LogP contribution in [0.25, 0.3) is 0 Å². The summed E-state index contributed by atoms with van der Waals surface area (Å²) >= 11 is 0. The van der Waals surface area contributed by atoms with Gasteiger partial charge in [-0.15, -0.1) is 12.4 Å². The normalized spacial score (nSPS) is 11.2. The maximum Gasteiger partial charge on any atom is 0.326 e. The highest BCUT2D eigenvalue weighted by Crippen LogP contribution is 2.14. The van der Waals surface area contributed by atoms with Gasteiger partial charge in [-0.05, 0) is 37.1 Å². The van der Waals surface area contributed by atoms with Crippen LogP contribution in [0.2, 0.25) is 0 Å². The summed E-state index contributed by atoms with van der Waals surface area (Å²) in [5.74, 6) is -2.17.